The number of rotatable bonds is 2. The Hall–Kier alpha value is -2.07. The second kappa shape index (κ2) is 5.37. The number of fused-ring (bicyclic) bond motifs is 2. The van der Waals surface area contributed by atoms with Crippen LogP contribution in [-0.4, -0.2) is 16.9 Å². The van der Waals surface area contributed by atoms with Gasteiger partial charge in [-0.25, -0.2) is 0 Å². The van der Waals surface area contributed by atoms with Gasteiger partial charge in [0, 0.05) is 21.8 Å². The van der Waals surface area contributed by atoms with Gasteiger partial charge in [0.2, 0.25) is 0 Å². The number of aliphatic carboxylic acids is 1. The quantitative estimate of drug-likeness (QED) is 0.917. The minimum Gasteiger partial charge on any atom is -0.481 e. The first-order valence-corrected chi connectivity index (χ1v) is 7.53. The molecule has 1 heterocycles. The molecular formula is C17H14O3S. The minimum atomic E-state index is -0.856. The van der Waals surface area contributed by atoms with Crippen LogP contribution >= 0.6 is 11.8 Å². The summed E-state index contributed by atoms with van der Waals surface area (Å²) in [5.74, 6) is -1.34. The highest BCUT2D eigenvalue weighted by Gasteiger charge is 2.22. The SMILES string of the molecule is C[C@@H](C(=O)O)c1ccc2c(c1)CC(=O)c1ccccc1S2. The third kappa shape index (κ3) is 2.59. The van der Waals surface area contributed by atoms with E-state index in [1.54, 1.807) is 18.7 Å². The highest BCUT2D eigenvalue weighted by molar-refractivity contribution is 7.99. The average molecular weight is 298 g/mol. The van der Waals surface area contributed by atoms with Gasteiger partial charge < -0.3 is 5.11 Å². The summed E-state index contributed by atoms with van der Waals surface area (Å²) < 4.78 is 0. The van der Waals surface area contributed by atoms with Crippen LogP contribution in [-0.2, 0) is 11.2 Å². The Labute approximate surface area is 127 Å². The van der Waals surface area contributed by atoms with Crippen molar-refractivity contribution in [2.24, 2.45) is 0 Å². The van der Waals surface area contributed by atoms with Gasteiger partial charge in [0.25, 0.3) is 0 Å². The van der Waals surface area contributed by atoms with Crippen molar-refractivity contribution in [2.75, 3.05) is 0 Å². The molecule has 0 spiro atoms. The molecule has 1 aliphatic rings. The van der Waals surface area contributed by atoms with Gasteiger partial charge in [-0.1, -0.05) is 42.1 Å². The van der Waals surface area contributed by atoms with Gasteiger partial charge in [-0.3, -0.25) is 9.59 Å². The molecule has 0 aromatic heterocycles. The van der Waals surface area contributed by atoms with Gasteiger partial charge in [0.1, 0.15) is 0 Å². The zero-order valence-electron chi connectivity index (χ0n) is 11.5. The van der Waals surface area contributed by atoms with Crippen molar-refractivity contribution in [3.8, 4) is 0 Å². The van der Waals surface area contributed by atoms with E-state index >= 15 is 0 Å². The van der Waals surface area contributed by atoms with Crippen molar-refractivity contribution >= 4 is 23.5 Å². The number of ketones is 1. The van der Waals surface area contributed by atoms with Crippen LogP contribution in [0.1, 0.15) is 34.3 Å². The summed E-state index contributed by atoms with van der Waals surface area (Å²) in [6.45, 7) is 1.66. The zero-order valence-corrected chi connectivity index (χ0v) is 12.3. The Morgan fingerprint density at radius 3 is 2.71 bits per heavy atom. The number of carbonyl (C=O) groups is 2. The Balaban J connectivity index is 2.04. The van der Waals surface area contributed by atoms with Gasteiger partial charge >= 0.3 is 5.97 Å². The Bertz CT molecular complexity index is 737. The number of hydrogen-bond donors (Lipinski definition) is 1. The fraction of sp³-hybridized carbons (Fsp3) is 0.176. The first kappa shape index (κ1) is 13.9. The van der Waals surface area contributed by atoms with Crippen molar-refractivity contribution in [3.63, 3.8) is 0 Å². The van der Waals surface area contributed by atoms with Crippen LogP contribution in [0.3, 0.4) is 0 Å². The maximum atomic E-state index is 12.4. The largest absolute Gasteiger partial charge is 0.481 e. The lowest BCUT2D eigenvalue weighted by Gasteiger charge is -2.11. The van der Waals surface area contributed by atoms with Crippen LogP contribution in [0, 0.1) is 0 Å². The summed E-state index contributed by atoms with van der Waals surface area (Å²) in [5, 5.41) is 9.12. The van der Waals surface area contributed by atoms with Crippen molar-refractivity contribution in [2.45, 2.75) is 29.1 Å². The molecular weight excluding hydrogens is 284 g/mol. The lowest BCUT2D eigenvalue weighted by atomic mass is 9.96. The average Bonchev–Trinajstić information content (AvgIpc) is 2.61. The summed E-state index contributed by atoms with van der Waals surface area (Å²) >= 11 is 1.57. The third-order valence-corrected chi connectivity index (χ3v) is 4.91. The Morgan fingerprint density at radius 1 is 1.19 bits per heavy atom. The van der Waals surface area contributed by atoms with Gasteiger partial charge in [-0.05, 0) is 30.2 Å². The molecule has 1 N–H and O–H groups in total. The number of carboxylic acids is 1. The summed E-state index contributed by atoms with van der Waals surface area (Å²) in [6.07, 6.45) is 0.319. The molecule has 0 saturated heterocycles. The highest BCUT2D eigenvalue weighted by Crippen LogP contribution is 2.38. The topological polar surface area (TPSA) is 54.4 Å². The number of benzene rings is 2. The molecule has 3 nitrogen and oxygen atoms in total. The molecule has 2 aromatic carbocycles. The van der Waals surface area contributed by atoms with E-state index < -0.39 is 11.9 Å². The fourth-order valence-corrected chi connectivity index (χ4v) is 3.50. The van der Waals surface area contributed by atoms with E-state index in [0.29, 0.717) is 6.42 Å². The van der Waals surface area contributed by atoms with Crippen LogP contribution in [0.4, 0.5) is 0 Å². The van der Waals surface area contributed by atoms with Gasteiger partial charge in [-0.15, -0.1) is 0 Å². The summed E-state index contributed by atoms with van der Waals surface area (Å²) in [7, 11) is 0. The first-order valence-electron chi connectivity index (χ1n) is 6.72. The molecule has 0 unspecified atom stereocenters. The van der Waals surface area contributed by atoms with Crippen molar-refractivity contribution in [1.29, 1.82) is 0 Å². The lowest BCUT2D eigenvalue weighted by molar-refractivity contribution is -0.138. The molecule has 0 fully saturated rings. The standard InChI is InChI=1S/C17H14O3S/c1-10(17(19)20)11-6-7-15-12(8-11)9-14(18)13-4-2-3-5-16(13)21-15/h2-8,10H,9H2,1H3,(H,19,20)/t10-/m1/s1. The monoisotopic (exact) mass is 298 g/mol. The van der Waals surface area contributed by atoms with E-state index in [1.165, 1.54) is 0 Å². The molecule has 0 saturated carbocycles. The first-order chi connectivity index (χ1) is 10.1. The van der Waals surface area contributed by atoms with Crippen molar-refractivity contribution < 1.29 is 14.7 Å². The molecule has 21 heavy (non-hydrogen) atoms. The number of Topliss-reactive ketones (excluding diaryl/α,β-unsaturated/α-hetero) is 1. The second-order valence-corrected chi connectivity index (χ2v) is 6.21. The summed E-state index contributed by atoms with van der Waals surface area (Å²) in [6, 6.07) is 13.2. The predicted octanol–water partition coefficient (Wildman–Crippen LogP) is 3.76. The lowest BCUT2D eigenvalue weighted by Crippen LogP contribution is -2.09. The molecule has 0 aliphatic carbocycles. The molecule has 106 valence electrons. The summed E-state index contributed by atoms with van der Waals surface area (Å²) in [5.41, 5.74) is 2.39. The highest BCUT2D eigenvalue weighted by atomic mass is 32.2. The number of carboxylic acid groups (broad SMARTS) is 1. The van der Waals surface area contributed by atoms with E-state index in [9.17, 15) is 9.59 Å². The second-order valence-electron chi connectivity index (χ2n) is 5.13. The van der Waals surface area contributed by atoms with Crippen LogP contribution in [0.15, 0.2) is 52.3 Å². The van der Waals surface area contributed by atoms with Crippen LogP contribution < -0.4 is 0 Å². The molecule has 2 aromatic rings. The van der Waals surface area contributed by atoms with Crippen molar-refractivity contribution in [1.82, 2.24) is 0 Å². The zero-order chi connectivity index (χ0) is 15.0. The molecule has 0 bridgehead atoms. The molecule has 4 heteroatoms. The normalized spacial score (nSPS) is 14.8. The van der Waals surface area contributed by atoms with Gasteiger partial charge in [-0.2, -0.15) is 0 Å². The van der Waals surface area contributed by atoms with Gasteiger partial charge in [0.15, 0.2) is 5.78 Å². The molecule has 3 rings (SSSR count). The van der Waals surface area contributed by atoms with E-state index in [1.807, 2.05) is 42.5 Å². The van der Waals surface area contributed by atoms with Crippen LogP contribution in [0.2, 0.25) is 0 Å². The number of carbonyl (C=O) groups excluding carboxylic acids is 1. The van der Waals surface area contributed by atoms with Crippen LogP contribution in [0.5, 0.6) is 0 Å². The third-order valence-electron chi connectivity index (χ3n) is 3.71. The molecule has 0 amide bonds. The molecule has 1 atom stereocenters. The maximum Gasteiger partial charge on any atom is 0.310 e. The summed E-state index contributed by atoms with van der Waals surface area (Å²) in [4.78, 5) is 25.4. The fourth-order valence-electron chi connectivity index (χ4n) is 2.42. The van der Waals surface area contributed by atoms with Crippen LogP contribution in [0.25, 0.3) is 0 Å². The van der Waals surface area contributed by atoms with Crippen molar-refractivity contribution in [3.05, 3.63) is 59.2 Å². The minimum absolute atomic E-state index is 0.0805. The Morgan fingerprint density at radius 2 is 1.95 bits per heavy atom. The molecule has 1 aliphatic heterocycles. The van der Waals surface area contributed by atoms with E-state index in [2.05, 4.69) is 0 Å². The maximum absolute atomic E-state index is 12.4. The predicted molar refractivity (Wildman–Crippen MR) is 81.1 cm³/mol. The molecule has 0 radical (unpaired) electrons. The van der Waals surface area contributed by atoms with E-state index in [4.69, 9.17) is 5.11 Å². The van der Waals surface area contributed by atoms with E-state index in [-0.39, 0.29) is 5.78 Å². The van der Waals surface area contributed by atoms with E-state index in [0.717, 1.165) is 26.5 Å². The smallest absolute Gasteiger partial charge is 0.310 e. The Kier molecular flexibility index (Phi) is 3.55. The van der Waals surface area contributed by atoms with Gasteiger partial charge in [0.05, 0.1) is 5.92 Å². The number of hydrogen-bond acceptors (Lipinski definition) is 3.